The van der Waals surface area contributed by atoms with E-state index < -0.39 is 11.7 Å². The normalized spacial score (nSPS) is 11.8. The topological polar surface area (TPSA) is 212 Å². The number of aromatic nitrogens is 14. The fourth-order valence-corrected chi connectivity index (χ4v) is 10.4. The highest BCUT2D eigenvalue weighted by atomic mass is 19.4. The summed E-state index contributed by atoms with van der Waals surface area (Å²) in [5.74, 6) is 6.09. The molecule has 6 aromatic heterocycles. The van der Waals surface area contributed by atoms with Gasteiger partial charge in [0.05, 0.1) is 62.3 Å². The first-order chi connectivity index (χ1) is 37.4. The molecule has 0 unspecified atom stereocenters. The number of rotatable bonds is 7. The molecule has 0 saturated heterocycles. The first kappa shape index (κ1) is 48.7. The van der Waals surface area contributed by atoms with Gasteiger partial charge in [0.1, 0.15) is 46.6 Å². The van der Waals surface area contributed by atoms with Crippen LogP contribution < -0.4 is 0 Å². The molecule has 0 aliphatic heterocycles. The van der Waals surface area contributed by atoms with Crippen LogP contribution in [0.3, 0.4) is 0 Å². The van der Waals surface area contributed by atoms with Gasteiger partial charge >= 0.3 is 6.18 Å². The Hall–Kier alpha value is -10.3. The lowest BCUT2D eigenvalue weighted by Gasteiger charge is -2.22. The smallest absolute Gasteiger partial charge is 0.308 e. The van der Waals surface area contributed by atoms with Crippen LogP contribution in [0.25, 0.3) is 112 Å². The van der Waals surface area contributed by atoms with Crippen molar-refractivity contribution in [2.75, 3.05) is 0 Å². The van der Waals surface area contributed by atoms with E-state index in [4.69, 9.17) is 0 Å². The maximum atomic E-state index is 15.2. The van der Waals surface area contributed by atoms with Crippen molar-refractivity contribution in [3.63, 3.8) is 0 Å². The van der Waals surface area contributed by atoms with Crippen molar-refractivity contribution >= 4 is 43.6 Å². The van der Waals surface area contributed by atoms with Gasteiger partial charge in [0, 0.05) is 49.4 Å². The third-order valence-electron chi connectivity index (χ3n) is 13.4. The summed E-state index contributed by atoms with van der Waals surface area (Å²) in [4.78, 5) is 55.0. The molecular weight excluding hydrogens is 990 g/mol. The van der Waals surface area contributed by atoms with E-state index >= 15 is 13.2 Å². The number of nitriles is 2. The molecule has 0 aliphatic rings. The molecule has 0 amide bonds. The molecular formula is C59H41F3N16. The molecule has 0 N–H and O–H groups in total. The van der Waals surface area contributed by atoms with Gasteiger partial charge in [-0.1, -0.05) is 0 Å². The molecule has 0 bridgehead atoms. The van der Waals surface area contributed by atoms with Crippen LogP contribution in [0.1, 0.15) is 63.3 Å². The van der Waals surface area contributed by atoms with Crippen molar-refractivity contribution in [3.05, 3.63) is 166 Å². The molecule has 378 valence electrons. The number of hydrogen-bond acceptors (Lipinski definition) is 14. The number of halogens is 3. The summed E-state index contributed by atoms with van der Waals surface area (Å²) in [6.45, 7) is 14.4. The van der Waals surface area contributed by atoms with Gasteiger partial charge in [-0.05, 0) is 164 Å². The highest BCUT2D eigenvalue weighted by Crippen LogP contribution is 2.46. The summed E-state index contributed by atoms with van der Waals surface area (Å²) < 4.78 is 49.5. The number of nitrogens with zero attached hydrogens (tertiary/aromatic N) is 16. The largest absolute Gasteiger partial charge is 0.416 e. The molecule has 16 nitrogen and oxygen atoms in total. The van der Waals surface area contributed by atoms with Gasteiger partial charge < -0.3 is 9.13 Å². The van der Waals surface area contributed by atoms with Gasteiger partial charge in [0.2, 0.25) is 0 Å². The van der Waals surface area contributed by atoms with E-state index in [2.05, 4.69) is 65.9 Å². The average Bonchev–Trinajstić information content (AvgIpc) is 4.04. The van der Waals surface area contributed by atoms with Crippen LogP contribution >= 0.6 is 0 Å². The third-order valence-corrected chi connectivity index (χ3v) is 13.4. The highest BCUT2D eigenvalue weighted by Gasteiger charge is 2.33. The minimum Gasteiger partial charge on any atom is -0.308 e. The summed E-state index contributed by atoms with van der Waals surface area (Å²) in [5.41, 5.74) is 5.28. The summed E-state index contributed by atoms with van der Waals surface area (Å²) in [6, 6.07) is 34.1. The summed E-state index contributed by atoms with van der Waals surface area (Å²) in [5, 5.41) is 24.5. The summed E-state index contributed by atoms with van der Waals surface area (Å²) >= 11 is 0. The average molecular weight is 1030 g/mol. The zero-order chi connectivity index (χ0) is 54.5. The second-order valence-corrected chi connectivity index (χ2v) is 19.0. The Morgan fingerprint density at radius 2 is 0.628 bits per heavy atom. The van der Waals surface area contributed by atoms with E-state index in [1.807, 2.05) is 88.0 Å². The van der Waals surface area contributed by atoms with Crippen molar-refractivity contribution in [2.24, 2.45) is 0 Å². The van der Waals surface area contributed by atoms with Gasteiger partial charge in [-0.3, -0.25) is 0 Å². The Morgan fingerprint density at radius 1 is 0.346 bits per heavy atom. The van der Waals surface area contributed by atoms with Crippen molar-refractivity contribution in [3.8, 4) is 80.2 Å². The molecule has 19 heteroatoms. The highest BCUT2D eigenvalue weighted by molar-refractivity contribution is 6.14. The van der Waals surface area contributed by atoms with Crippen LogP contribution in [-0.2, 0) is 6.18 Å². The Morgan fingerprint density at radius 3 is 0.897 bits per heavy atom. The first-order valence-corrected chi connectivity index (χ1v) is 24.6. The second kappa shape index (κ2) is 18.2. The number of hydrogen-bond donors (Lipinski definition) is 0. The number of aryl methyl sites for hydroxylation is 8. The molecule has 6 aromatic carbocycles. The molecule has 0 saturated carbocycles. The lowest BCUT2D eigenvalue weighted by molar-refractivity contribution is -0.137. The monoisotopic (exact) mass is 1030 g/mol. The maximum absolute atomic E-state index is 15.2. The SMILES string of the molecule is Cc1nc(C)nc(-c2ccc3c(c2)c2cc(-c4nc(C)nc(C)n4)ccc2n3-c2cc(C#N)cc(-n3c4ccc(-c5nc(C)nc(C)n5)cc4c4cc(-c5nc(C)nc(C)n5)ccc43)c2-c2cc(C#N)cc(C(F)(F)F)c2)n1. The number of alkyl halides is 3. The minimum atomic E-state index is -4.84. The van der Waals surface area contributed by atoms with E-state index in [0.717, 1.165) is 33.7 Å². The molecule has 0 radical (unpaired) electrons. The predicted molar refractivity (Wildman–Crippen MR) is 288 cm³/mol. The number of fused-ring (bicyclic) bond motifs is 6. The Balaban J connectivity index is 1.23. The quantitative estimate of drug-likeness (QED) is 0.145. The summed E-state index contributed by atoms with van der Waals surface area (Å²) in [7, 11) is 0. The molecule has 78 heavy (non-hydrogen) atoms. The fourth-order valence-electron chi connectivity index (χ4n) is 10.4. The summed E-state index contributed by atoms with van der Waals surface area (Å²) in [6.07, 6.45) is -4.84. The van der Waals surface area contributed by atoms with Crippen LogP contribution in [0.15, 0.2) is 103 Å². The lowest BCUT2D eigenvalue weighted by atomic mass is 9.94. The van der Waals surface area contributed by atoms with Crippen LogP contribution in [0.4, 0.5) is 13.2 Å². The van der Waals surface area contributed by atoms with Gasteiger partial charge in [-0.2, -0.15) is 23.7 Å². The zero-order valence-corrected chi connectivity index (χ0v) is 43.1. The van der Waals surface area contributed by atoms with Crippen LogP contribution in [0.2, 0.25) is 0 Å². The lowest BCUT2D eigenvalue weighted by Crippen LogP contribution is -2.08. The van der Waals surface area contributed by atoms with Crippen molar-refractivity contribution in [2.45, 2.75) is 61.6 Å². The molecule has 12 rings (SSSR count). The van der Waals surface area contributed by atoms with Gasteiger partial charge in [-0.15, -0.1) is 0 Å². The Kier molecular flexibility index (Phi) is 11.4. The molecule has 12 aromatic rings. The van der Waals surface area contributed by atoms with Crippen molar-refractivity contribution < 1.29 is 13.2 Å². The van der Waals surface area contributed by atoms with Crippen LogP contribution in [0.5, 0.6) is 0 Å². The Bertz CT molecular complexity index is 4090. The van der Waals surface area contributed by atoms with Crippen molar-refractivity contribution in [1.29, 1.82) is 10.5 Å². The van der Waals surface area contributed by atoms with E-state index in [1.54, 1.807) is 67.5 Å². The van der Waals surface area contributed by atoms with E-state index in [9.17, 15) is 10.5 Å². The van der Waals surface area contributed by atoms with Crippen LogP contribution in [0, 0.1) is 78.1 Å². The van der Waals surface area contributed by atoms with Gasteiger partial charge in [-0.25, -0.2) is 59.8 Å². The zero-order valence-electron chi connectivity index (χ0n) is 43.1. The maximum Gasteiger partial charge on any atom is 0.416 e. The van der Waals surface area contributed by atoms with E-state index in [0.29, 0.717) is 126 Å². The molecule has 0 spiro atoms. The predicted octanol–water partition coefficient (Wildman–Crippen LogP) is 12.2. The molecule has 0 fully saturated rings. The minimum absolute atomic E-state index is 0.0712. The second-order valence-electron chi connectivity index (χ2n) is 19.0. The van der Waals surface area contributed by atoms with Gasteiger partial charge in [0.15, 0.2) is 23.3 Å². The molecule has 0 aliphatic carbocycles. The van der Waals surface area contributed by atoms with Crippen LogP contribution in [-0.4, -0.2) is 68.9 Å². The molecule has 6 heterocycles. The van der Waals surface area contributed by atoms with Crippen molar-refractivity contribution in [1.82, 2.24) is 68.9 Å². The first-order valence-electron chi connectivity index (χ1n) is 24.6. The van der Waals surface area contributed by atoms with E-state index in [-0.39, 0.29) is 22.3 Å². The Labute approximate surface area is 442 Å². The number of benzene rings is 6. The fraction of sp³-hybridized carbons (Fsp3) is 0.153. The van der Waals surface area contributed by atoms with Gasteiger partial charge in [0.25, 0.3) is 0 Å². The molecule has 0 atom stereocenters. The third kappa shape index (κ3) is 8.53. The van der Waals surface area contributed by atoms with E-state index in [1.165, 1.54) is 6.07 Å². The standard InChI is InChI=1S/C59H41F3N16/c1-28-65-29(2)70-55(69-28)38-9-13-48-44(22-38)45-23-39(56-71-30(3)66-31(4)72-56)10-14-49(45)77(48)52-19-37(27-64)20-53(54(52)42-17-36(26-63)18-43(21-42)59(60,61)62)78-50-15-11-40(57-73-32(5)67-33(6)74-57)24-46(50)47-25-41(12-16-51(47)78)58-75-34(7)68-35(8)76-58/h9-25H,1-8H3.